The first-order chi connectivity index (χ1) is 8.76. The third-order valence-electron chi connectivity index (χ3n) is 3.20. The van der Waals surface area contributed by atoms with Crippen molar-refractivity contribution in [3.05, 3.63) is 11.9 Å². The van der Waals surface area contributed by atoms with Gasteiger partial charge < -0.3 is 10.2 Å². The maximum Gasteiger partial charge on any atom is 0.137 e. The fourth-order valence-electron chi connectivity index (χ4n) is 2.38. The number of nitrogens with one attached hydrogen (secondary N) is 1. The molecule has 0 saturated carbocycles. The first kappa shape index (κ1) is 13.5. The molecule has 100 valence electrons. The zero-order valence-corrected chi connectivity index (χ0v) is 12.3. The molecule has 0 aromatic carbocycles. The molecule has 0 spiro atoms. The van der Waals surface area contributed by atoms with E-state index in [1.807, 2.05) is 18.8 Å². The van der Waals surface area contributed by atoms with Crippen molar-refractivity contribution in [2.45, 2.75) is 31.9 Å². The number of nitrogens with zero attached hydrogens (tertiary/aromatic N) is 3. The summed E-state index contributed by atoms with van der Waals surface area (Å²) >= 11 is 2.04. The third-order valence-corrected chi connectivity index (χ3v) is 4.34. The molecule has 1 aliphatic rings. The van der Waals surface area contributed by atoms with Gasteiger partial charge in [0.2, 0.25) is 0 Å². The van der Waals surface area contributed by atoms with Crippen LogP contribution in [-0.2, 0) is 6.42 Å². The minimum absolute atomic E-state index is 0.682. The average molecular weight is 266 g/mol. The van der Waals surface area contributed by atoms with E-state index in [1.165, 1.54) is 11.3 Å². The van der Waals surface area contributed by atoms with E-state index in [0.29, 0.717) is 5.25 Å². The van der Waals surface area contributed by atoms with Crippen LogP contribution in [0.5, 0.6) is 0 Å². The summed E-state index contributed by atoms with van der Waals surface area (Å²) in [5.41, 5.74) is 1.27. The highest BCUT2D eigenvalue weighted by Gasteiger charge is 2.21. The zero-order chi connectivity index (χ0) is 13.0. The van der Waals surface area contributed by atoms with Crippen LogP contribution in [0.4, 0.5) is 11.6 Å². The fraction of sp³-hybridized carbons (Fsp3) is 0.692. The second-order valence-corrected chi connectivity index (χ2v) is 6.20. The van der Waals surface area contributed by atoms with Crippen LogP contribution < -0.4 is 10.2 Å². The van der Waals surface area contributed by atoms with Crippen molar-refractivity contribution in [1.29, 1.82) is 0 Å². The number of thioether (sulfide) groups is 1. The highest BCUT2D eigenvalue weighted by atomic mass is 32.2. The standard InChI is InChI=1S/C13H22N4S/c1-4-5-11-12(14-3)15-9-16-13(11)17-6-7-18-10(2)8-17/h9-10H,4-8H2,1-3H3,(H,14,15,16). The third kappa shape index (κ3) is 2.88. The van der Waals surface area contributed by atoms with E-state index in [-0.39, 0.29) is 0 Å². The molecule has 1 fully saturated rings. The summed E-state index contributed by atoms with van der Waals surface area (Å²) in [6.45, 7) is 6.66. The molecule has 1 unspecified atom stereocenters. The lowest BCUT2D eigenvalue weighted by molar-refractivity contribution is 0.755. The number of rotatable bonds is 4. The van der Waals surface area contributed by atoms with Gasteiger partial charge in [-0.2, -0.15) is 11.8 Å². The van der Waals surface area contributed by atoms with Gasteiger partial charge in [-0.25, -0.2) is 9.97 Å². The van der Waals surface area contributed by atoms with Gasteiger partial charge in [-0.15, -0.1) is 0 Å². The van der Waals surface area contributed by atoms with Gasteiger partial charge in [-0.1, -0.05) is 20.3 Å². The molecular weight excluding hydrogens is 244 g/mol. The van der Waals surface area contributed by atoms with Crippen LogP contribution in [0.15, 0.2) is 6.33 Å². The van der Waals surface area contributed by atoms with Gasteiger partial charge >= 0.3 is 0 Å². The Labute approximate surface area is 114 Å². The Morgan fingerprint density at radius 3 is 3.00 bits per heavy atom. The maximum atomic E-state index is 4.53. The lowest BCUT2D eigenvalue weighted by atomic mass is 10.1. The fourth-order valence-corrected chi connectivity index (χ4v) is 3.40. The van der Waals surface area contributed by atoms with Crippen LogP contribution in [0.1, 0.15) is 25.8 Å². The Bertz CT molecular complexity index is 397. The normalized spacial score (nSPS) is 19.9. The SMILES string of the molecule is CCCc1c(NC)ncnc1N1CCSC(C)C1. The number of aromatic nitrogens is 2. The predicted molar refractivity (Wildman–Crippen MR) is 79.7 cm³/mol. The average Bonchev–Trinajstić information content (AvgIpc) is 2.39. The van der Waals surface area contributed by atoms with Crippen molar-refractivity contribution in [3.63, 3.8) is 0 Å². The smallest absolute Gasteiger partial charge is 0.137 e. The highest BCUT2D eigenvalue weighted by molar-refractivity contribution is 8.00. The van der Waals surface area contributed by atoms with Crippen molar-refractivity contribution < 1.29 is 0 Å². The first-order valence-corrected chi connectivity index (χ1v) is 7.69. The first-order valence-electron chi connectivity index (χ1n) is 6.64. The molecule has 1 atom stereocenters. The lowest BCUT2D eigenvalue weighted by Crippen LogP contribution is -2.38. The minimum Gasteiger partial charge on any atom is -0.373 e. The van der Waals surface area contributed by atoms with Crippen LogP contribution in [0.25, 0.3) is 0 Å². The van der Waals surface area contributed by atoms with E-state index in [4.69, 9.17) is 0 Å². The van der Waals surface area contributed by atoms with Crippen LogP contribution in [0.2, 0.25) is 0 Å². The summed E-state index contributed by atoms with van der Waals surface area (Å²) < 4.78 is 0. The highest BCUT2D eigenvalue weighted by Crippen LogP contribution is 2.28. The Morgan fingerprint density at radius 1 is 1.50 bits per heavy atom. The molecule has 2 rings (SSSR count). The van der Waals surface area contributed by atoms with Crippen LogP contribution >= 0.6 is 11.8 Å². The molecule has 1 aliphatic heterocycles. The molecule has 1 aromatic rings. The molecule has 2 heterocycles. The second-order valence-electron chi connectivity index (χ2n) is 4.65. The Balaban J connectivity index is 2.30. The topological polar surface area (TPSA) is 41.1 Å². The van der Waals surface area contributed by atoms with E-state index < -0.39 is 0 Å². The molecular formula is C13H22N4S. The predicted octanol–water partition coefficient (Wildman–Crippen LogP) is 2.41. The van der Waals surface area contributed by atoms with Crippen molar-refractivity contribution in [2.24, 2.45) is 0 Å². The van der Waals surface area contributed by atoms with E-state index in [2.05, 4.69) is 34.0 Å². The number of hydrogen-bond acceptors (Lipinski definition) is 5. The molecule has 18 heavy (non-hydrogen) atoms. The number of hydrogen-bond donors (Lipinski definition) is 1. The van der Waals surface area contributed by atoms with Gasteiger partial charge in [-0.3, -0.25) is 0 Å². The van der Waals surface area contributed by atoms with Gasteiger partial charge in [0.25, 0.3) is 0 Å². The van der Waals surface area contributed by atoms with Crippen molar-refractivity contribution in [2.75, 3.05) is 36.1 Å². The Hall–Kier alpha value is -0.970. The van der Waals surface area contributed by atoms with Crippen LogP contribution in [0.3, 0.4) is 0 Å². The summed E-state index contributed by atoms with van der Waals surface area (Å²) in [6, 6.07) is 0. The summed E-state index contributed by atoms with van der Waals surface area (Å²) in [5.74, 6) is 3.29. The van der Waals surface area contributed by atoms with Crippen molar-refractivity contribution >= 4 is 23.4 Å². The molecule has 1 N–H and O–H groups in total. The van der Waals surface area contributed by atoms with Gasteiger partial charge in [0.15, 0.2) is 0 Å². The quantitative estimate of drug-likeness (QED) is 0.906. The van der Waals surface area contributed by atoms with E-state index >= 15 is 0 Å². The van der Waals surface area contributed by atoms with Crippen LogP contribution in [-0.4, -0.2) is 41.1 Å². The summed E-state index contributed by atoms with van der Waals surface area (Å²) in [5, 5.41) is 3.87. The molecule has 0 amide bonds. The molecule has 5 heteroatoms. The molecule has 0 aliphatic carbocycles. The Kier molecular flexibility index (Phi) is 4.69. The van der Waals surface area contributed by atoms with E-state index in [0.717, 1.165) is 37.6 Å². The Morgan fingerprint density at radius 2 is 2.33 bits per heavy atom. The van der Waals surface area contributed by atoms with Gasteiger partial charge in [0.1, 0.15) is 18.0 Å². The molecule has 0 bridgehead atoms. The zero-order valence-electron chi connectivity index (χ0n) is 11.4. The summed E-state index contributed by atoms with van der Waals surface area (Å²) in [7, 11) is 1.93. The number of anilines is 2. The van der Waals surface area contributed by atoms with Crippen molar-refractivity contribution in [1.82, 2.24) is 9.97 Å². The monoisotopic (exact) mass is 266 g/mol. The largest absolute Gasteiger partial charge is 0.373 e. The summed E-state index contributed by atoms with van der Waals surface area (Å²) in [4.78, 5) is 11.3. The van der Waals surface area contributed by atoms with E-state index in [1.54, 1.807) is 6.33 Å². The second kappa shape index (κ2) is 6.27. The van der Waals surface area contributed by atoms with Crippen molar-refractivity contribution in [3.8, 4) is 0 Å². The lowest BCUT2D eigenvalue weighted by Gasteiger charge is -2.33. The van der Waals surface area contributed by atoms with Gasteiger partial charge in [0.05, 0.1) is 0 Å². The van der Waals surface area contributed by atoms with Gasteiger partial charge in [0, 0.05) is 36.7 Å². The van der Waals surface area contributed by atoms with E-state index in [9.17, 15) is 0 Å². The minimum atomic E-state index is 0.682. The van der Waals surface area contributed by atoms with Crippen LogP contribution in [0, 0.1) is 0 Å². The summed E-state index contributed by atoms with van der Waals surface area (Å²) in [6.07, 6.45) is 3.82. The van der Waals surface area contributed by atoms with Gasteiger partial charge in [-0.05, 0) is 6.42 Å². The maximum absolute atomic E-state index is 4.53. The molecule has 0 radical (unpaired) electrons. The molecule has 1 saturated heterocycles. The molecule has 4 nitrogen and oxygen atoms in total. The molecule has 1 aromatic heterocycles.